The van der Waals surface area contributed by atoms with Crippen LogP contribution in [0.1, 0.15) is 16.1 Å². The number of rotatable bonds is 1. The van der Waals surface area contributed by atoms with Gasteiger partial charge in [0.2, 0.25) is 5.76 Å². The normalized spacial score (nSPS) is 9.55. The van der Waals surface area contributed by atoms with Gasteiger partial charge < -0.3 is 9.52 Å². The van der Waals surface area contributed by atoms with Crippen molar-refractivity contribution in [3.63, 3.8) is 0 Å². The van der Waals surface area contributed by atoms with Crippen LogP contribution in [0.25, 0.3) is 0 Å². The highest BCUT2D eigenvalue weighted by Gasteiger charge is 2.09. The number of carboxylic acids is 1. The van der Waals surface area contributed by atoms with Gasteiger partial charge in [0.1, 0.15) is 0 Å². The molecule has 1 aromatic heterocycles. The second-order valence-electron chi connectivity index (χ2n) is 2.07. The summed E-state index contributed by atoms with van der Waals surface area (Å²) in [6.45, 7) is 1.56. The van der Waals surface area contributed by atoms with Gasteiger partial charge in [0.05, 0.1) is 0 Å². The molecule has 58 valence electrons. The summed E-state index contributed by atoms with van der Waals surface area (Å²) < 4.78 is 4.41. The van der Waals surface area contributed by atoms with Crippen LogP contribution in [-0.2, 0) is 0 Å². The van der Waals surface area contributed by atoms with Gasteiger partial charge in [-0.15, -0.1) is 0 Å². The summed E-state index contributed by atoms with van der Waals surface area (Å²) in [5.74, 6) is -1.52. The summed E-state index contributed by atoms with van der Waals surface area (Å²) in [6.07, 6.45) is 0. The molecule has 11 heavy (non-hydrogen) atoms. The van der Waals surface area contributed by atoms with Crippen molar-refractivity contribution in [1.29, 1.82) is 0 Å². The Hall–Kier alpha value is -1.58. The standard InChI is InChI=1S/C7H6O4/c1-4-2-3-5(8)11-6(4)7(9)10/h2-3H,1H3,(H,9,10). The van der Waals surface area contributed by atoms with Crippen molar-refractivity contribution < 1.29 is 14.3 Å². The van der Waals surface area contributed by atoms with Crippen LogP contribution in [0.15, 0.2) is 21.3 Å². The van der Waals surface area contributed by atoms with E-state index < -0.39 is 11.6 Å². The molecule has 0 saturated heterocycles. The molecule has 0 radical (unpaired) electrons. The molecule has 0 amide bonds. The van der Waals surface area contributed by atoms with Gasteiger partial charge in [-0.1, -0.05) is 0 Å². The Bertz CT molecular complexity index is 337. The fraction of sp³-hybridized carbons (Fsp3) is 0.143. The monoisotopic (exact) mass is 154 g/mol. The lowest BCUT2D eigenvalue weighted by Crippen LogP contribution is -2.06. The van der Waals surface area contributed by atoms with Crippen LogP contribution in [0.4, 0.5) is 0 Å². The number of carboxylic acid groups (broad SMARTS) is 1. The summed E-state index contributed by atoms with van der Waals surface area (Å²) >= 11 is 0. The van der Waals surface area contributed by atoms with E-state index in [-0.39, 0.29) is 5.76 Å². The first kappa shape index (κ1) is 7.53. The number of aromatic carboxylic acids is 1. The molecule has 4 heteroatoms. The summed E-state index contributed by atoms with van der Waals surface area (Å²) in [7, 11) is 0. The molecular weight excluding hydrogens is 148 g/mol. The smallest absolute Gasteiger partial charge is 0.372 e. The molecule has 1 heterocycles. The molecule has 1 rings (SSSR count). The summed E-state index contributed by atoms with van der Waals surface area (Å²) in [6, 6.07) is 2.59. The van der Waals surface area contributed by atoms with Crippen molar-refractivity contribution in [1.82, 2.24) is 0 Å². The molecule has 0 bridgehead atoms. The first-order valence-electron chi connectivity index (χ1n) is 2.95. The minimum atomic E-state index is -1.22. The number of carbonyl (C=O) groups is 1. The van der Waals surface area contributed by atoms with Gasteiger partial charge in [-0.3, -0.25) is 0 Å². The number of aryl methyl sites for hydroxylation is 1. The minimum Gasteiger partial charge on any atom is -0.475 e. The topological polar surface area (TPSA) is 67.5 Å². The average Bonchev–Trinajstić information content (AvgIpc) is 1.94. The predicted octanol–water partition coefficient (Wildman–Crippen LogP) is 0.646. The highest BCUT2D eigenvalue weighted by atomic mass is 16.4. The highest BCUT2D eigenvalue weighted by molar-refractivity contribution is 5.85. The molecule has 0 aliphatic rings. The first-order valence-corrected chi connectivity index (χ1v) is 2.95. The summed E-state index contributed by atoms with van der Waals surface area (Å²) in [5.41, 5.74) is -0.204. The lowest BCUT2D eigenvalue weighted by molar-refractivity contribution is 0.0655. The van der Waals surface area contributed by atoms with Gasteiger partial charge in [0.25, 0.3) is 0 Å². The van der Waals surface area contributed by atoms with Gasteiger partial charge >= 0.3 is 11.6 Å². The van der Waals surface area contributed by atoms with E-state index in [1.807, 2.05) is 0 Å². The molecule has 0 fully saturated rings. The van der Waals surface area contributed by atoms with Crippen LogP contribution in [0.5, 0.6) is 0 Å². The average molecular weight is 154 g/mol. The summed E-state index contributed by atoms with van der Waals surface area (Å²) in [4.78, 5) is 20.9. The van der Waals surface area contributed by atoms with Gasteiger partial charge in [-0.25, -0.2) is 9.59 Å². The molecule has 0 aliphatic carbocycles. The van der Waals surface area contributed by atoms with Crippen molar-refractivity contribution in [2.24, 2.45) is 0 Å². The minimum absolute atomic E-state index is 0.294. The maximum Gasteiger partial charge on any atom is 0.372 e. The van der Waals surface area contributed by atoms with Crippen LogP contribution in [0, 0.1) is 6.92 Å². The number of hydrogen-bond donors (Lipinski definition) is 1. The van der Waals surface area contributed by atoms with E-state index in [1.165, 1.54) is 12.1 Å². The molecule has 0 spiro atoms. The highest BCUT2D eigenvalue weighted by Crippen LogP contribution is 2.02. The van der Waals surface area contributed by atoms with Crippen LogP contribution in [-0.4, -0.2) is 11.1 Å². The maximum absolute atomic E-state index is 10.5. The third-order valence-electron chi connectivity index (χ3n) is 1.22. The van der Waals surface area contributed by atoms with Crippen molar-refractivity contribution in [3.8, 4) is 0 Å². The van der Waals surface area contributed by atoms with Crippen molar-refractivity contribution >= 4 is 5.97 Å². The maximum atomic E-state index is 10.5. The fourth-order valence-electron chi connectivity index (χ4n) is 0.696. The van der Waals surface area contributed by atoms with Gasteiger partial charge in [0.15, 0.2) is 0 Å². The first-order chi connectivity index (χ1) is 5.11. The third-order valence-corrected chi connectivity index (χ3v) is 1.22. The van der Waals surface area contributed by atoms with Gasteiger partial charge in [-0.2, -0.15) is 0 Å². The Morgan fingerprint density at radius 1 is 1.55 bits per heavy atom. The van der Waals surface area contributed by atoms with Gasteiger partial charge in [-0.05, 0) is 18.6 Å². The second-order valence-corrected chi connectivity index (χ2v) is 2.07. The van der Waals surface area contributed by atoms with Crippen LogP contribution < -0.4 is 5.63 Å². The Morgan fingerprint density at radius 3 is 2.64 bits per heavy atom. The molecule has 0 unspecified atom stereocenters. The van der Waals surface area contributed by atoms with Crippen LogP contribution in [0.3, 0.4) is 0 Å². The van der Waals surface area contributed by atoms with E-state index in [0.29, 0.717) is 5.56 Å². The quantitative estimate of drug-likeness (QED) is 0.644. The molecule has 0 saturated carbocycles. The largest absolute Gasteiger partial charge is 0.475 e. The van der Waals surface area contributed by atoms with Gasteiger partial charge in [0, 0.05) is 6.07 Å². The lowest BCUT2D eigenvalue weighted by Gasteiger charge is -1.94. The Balaban J connectivity index is 3.35. The summed E-state index contributed by atoms with van der Waals surface area (Å²) in [5, 5.41) is 8.46. The van der Waals surface area contributed by atoms with E-state index in [2.05, 4.69) is 4.42 Å². The molecule has 0 atom stereocenters. The van der Waals surface area contributed by atoms with E-state index in [0.717, 1.165) is 0 Å². The zero-order valence-electron chi connectivity index (χ0n) is 5.83. The molecular formula is C7H6O4. The Morgan fingerprint density at radius 2 is 2.18 bits per heavy atom. The van der Waals surface area contributed by atoms with Crippen molar-refractivity contribution in [2.45, 2.75) is 6.92 Å². The fourth-order valence-corrected chi connectivity index (χ4v) is 0.696. The van der Waals surface area contributed by atoms with E-state index in [4.69, 9.17) is 5.11 Å². The van der Waals surface area contributed by atoms with E-state index in [9.17, 15) is 9.59 Å². The zero-order chi connectivity index (χ0) is 8.43. The van der Waals surface area contributed by atoms with E-state index in [1.54, 1.807) is 6.92 Å². The molecule has 4 nitrogen and oxygen atoms in total. The second kappa shape index (κ2) is 2.57. The van der Waals surface area contributed by atoms with Crippen LogP contribution >= 0.6 is 0 Å². The Labute approximate surface area is 62.1 Å². The SMILES string of the molecule is Cc1ccc(=O)oc1C(=O)O. The van der Waals surface area contributed by atoms with Crippen LogP contribution in [0.2, 0.25) is 0 Å². The molecule has 1 aromatic rings. The lowest BCUT2D eigenvalue weighted by atomic mass is 10.2. The Kier molecular flexibility index (Phi) is 1.76. The van der Waals surface area contributed by atoms with Crippen molar-refractivity contribution in [2.75, 3.05) is 0 Å². The molecule has 0 aliphatic heterocycles. The predicted molar refractivity (Wildman–Crippen MR) is 36.7 cm³/mol. The molecule has 0 aromatic carbocycles. The van der Waals surface area contributed by atoms with Crippen molar-refractivity contribution in [3.05, 3.63) is 33.9 Å². The molecule has 1 N–H and O–H groups in total. The third kappa shape index (κ3) is 1.46. The number of hydrogen-bond acceptors (Lipinski definition) is 3. The zero-order valence-corrected chi connectivity index (χ0v) is 5.83. The van der Waals surface area contributed by atoms with E-state index >= 15 is 0 Å².